The molecule has 0 aliphatic carbocycles. The van der Waals surface area contributed by atoms with Crippen molar-refractivity contribution in [3.8, 4) is 5.75 Å². The lowest BCUT2D eigenvalue weighted by atomic mass is 10.1. The summed E-state index contributed by atoms with van der Waals surface area (Å²) in [5, 5.41) is 3.42. The van der Waals surface area contributed by atoms with E-state index in [9.17, 15) is 9.59 Å². The second-order valence-corrected chi connectivity index (χ2v) is 6.83. The quantitative estimate of drug-likeness (QED) is 0.710. The summed E-state index contributed by atoms with van der Waals surface area (Å²) >= 11 is 5.87. The Bertz CT molecular complexity index is 1020. The summed E-state index contributed by atoms with van der Waals surface area (Å²) in [4.78, 5) is 26.6. The van der Waals surface area contributed by atoms with Gasteiger partial charge in [0.1, 0.15) is 5.75 Å². The number of rotatable bonds is 4. The standard InChI is InChI=1S/C22H17ClN2O3/c23-17-8-6-16(7-9-17)22(27)24-18-10-11-20-19(12-18)25(21(26)14-28-20)13-15-4-2-1-3-5-15/h1-12H,13-14H2,(H,24,27). The van der Waals surface area contributed by atoms with Gasteiger partial charge in [-0.2, -0.15) is 0 Å². The third-order valence-corrected chi connectivity index (χ3v) is 4.70. The molecular weight excluding hydrogens is 376 g/mol. The minimum atomic E-state index is -0.255. The van der Waals surface area contributed by atoms with Crippen LogP contribution >= 0.6 is 11.6 Å². The lowest BCUT2D eigenvalue weighted by Gasteiger charge is -2.30. The van der Waals surface area contributed by atoms with Crippen molar-refractivity contribution in [3.63, 3.8) is 0 Å². The molecule has 6 heteroatoms. The van der Waals surface area contributed by atoms with Crippen molar-refractivity contribution in [3.05, 3.63) is 88.9 Å². The molecule has 3 aromatic carbocycles. The summed E-state index contributed by atoms with van der Waals surface area (Å²) in [5.41, 5.74) is 2.72. The van der Waals surface area contributed by atoms with Gasteiger partial charge in [0.25, 0.3) is 11.8 Å². The lowest BCUT2D eigenvalue weighted by molar-refractivity contribution is -0.121. The van der Waals surface area contributed by atoms with Crippen molar-refractivity contribution < 1.29 is 14.3 Å². The lowest BCUT2D eigenvalue weighted by Crippen LogP contribution is -2.38. The first kappa shape index (κ1) is 18.1. The molecule has 1 aliphatic rings. The highest BCUT2D eigenvalue weighted by Gasteiger charge is 2.26. The number of carbonyl (C=O) groups excluding carboxylic acids is 2. The van der Waals surface area contributed by atoms with Crippen LogP contribution in [0.25, 0.3) is 0 Å². The molecule has 140 valence electrons. The molecule has 1 N–H and O–H groups in total. The number of nitrogens with one attached hydrogen (secondary N) is 1. The van der Waals surface area contributed by atoms with Crippen molar-refractivity contribution in [2.24, 2.45) is 0 Å². The van der Waals surface area contributed by atoms with Crippen molar-refractivity contribution in [1.82, 2.24) is 0 Å². The van der Waals surface area contributed by atoms with Gasteiger partial charge in [0, 0.05) is 16.3 Å². The molecule has 5 nitrogen and oxygen atoms in total. The van der Waals surface area contributed by atoms with Gasteiger partial charge in [0.15, 0.2) is 6.61 Å². The van der Waals surface area contributed by atoms with Crippen LogP contribution in [0.4, 0.5) is 11.4 Å². The monoisotopic (exact) mass is 392 g/mol. The Labute approximate surface area is 167 Å². The molecule has 4 rings (SSSR count). The van der Waals surface area contributed by atoms with Gasteiger partial charge in [-0.25, -0.2) is 0 Å². The largest absolute Gasteiger partial charge is 0.482 e. The number of halogens is 1. The third-order valence-electron chi connectivity index (χ3n) is 4.45. The molecule has 0 fully saturated rings. The summed E-state index contributed by atoms with van der Waals surface area (Å²) < 4.78 is 5.54. The fourth-order valence-corrected chi connectivity index (χ4v) is 3.15. The van der Waals surface area contributed by atoms with Gasteiger partial charge in [-0.3, -0.25) is 9.59 Å². The number of fused-ring (bicyclic) bond motifs is 1. The SMILES string of the molecule is O=C(Nc1ccc2c(c1)N(Cc1ccccc1)C(=O)CO2)c1ccc(Cl)cc1. The van der Waals surface area contributed by atoms with Gasteiger partial charge in [-0.15, -0.1) is 0 Å². The predicted octanol–water partition coefficient (Wildman–Crippen LogP) is 4.52. The topological polar surface area (TPSA) is 58.6 Å². The van der Waals surface area contributed by atoms with Crippen LogP contribution in [-0.2, 0) is 11.3 Å². The number of hydrogen-bond acceptors (Lipinski definition) is 3. The van der Waals surface area contributed by atoms with Crippen LogP contribution in [0.1, 0.15) is 15.9 Å². The van der Waals surface area contributed by atoms with Crippen LogP contribution in [0.3, 0.4) is 0 Å². The van der Waals surface area contributed by atoms with Gasteiger partial charge in [-0.05, 0) is 48.0 Å². The Morgan fingerprint density at radius 2 is 1.79 bits per heavy atom. The number of benzene rings is 3. The maximum atomic E-state index is 12.5. The van der Waals surface area contributed by atoms with Crippen molar-refractivity contribution in [2.75, 3.05) is 16.8 Å². The van der Waals surface area contributed by atoms with Crippen LogP contribution in [0.15, 0.2) is 72.8 Å². The summed E-state index contributed by atoms with van der Waals surface area (Å²) in [7, 11) is 0. The molecule has 0 saturated carbocycles. The Hall–Kier alpha value is -3.31. The summed E-state index contributed by atoms with van der Waals surface area (Å²) in [6, 6.07) is 21.6. The smallest absolute Gasteiger partial charge is 0.265 e. The van der Waals surface area contributed by atoms with E-state index in [-0.39, 0.29) is 18.4 Å². The summed E-state index contributed by atoms with van der Waals surface area (Å²) in [6.07, 6.45) is 0. The molecule has 1 heterocycles. The molecule has 28 heavy (non-hydrogen) atoms. The highest BCUT2D eigenvalue weighted by atomic mass is 35.5. The van der Waals surface area contributed by atoms with Crippen molar-refractivity contribution >= 4 is 34.8 Å². The number of anilines is 2. The zero-order chi connectivity index (χ0) is 19.5. The number of carbonyl (C=O) groups is 2. The molecule has 0 aromatic heterocycles. The van der Waals surface area contributed by atoms with E-state index < -0.39 is 0 Å². The van der Waals surface area contributed by atoms with Gasteiger partial charge in [0.05, 0.1) is 12.2 Å². The van der Waals surface area contributed by atoms with E-state index in [1.807, 2.05) is 30.3 Å². The normalized spacial score (nSPS) is 12.9. The second kappa shape index (κ2) is 7.74. The first-order valence-corrected chi connectivity index (χ1v) is 9.16. The van der Waals surface area contributed by atoms with Crippen LogP contribution in [0.5, 0.6) is 5.75 Å². The van der Waals surface area contributed by atoms with E-state index >= 15 is 0 Å². The molecule has 0 atom stereocenters. The fourth-order valence-electron chi connectivity index (χ4n) is 3.02. The van der Waals surface area contributed by atoms with E-state index in [0.29, 0.717) is 34.3 Å². The van der Waals surface area contributed by atoms with Crippen molar-refractivity contribution in [1.29, 1.82) is 0 Å². The number of hydrogen-bond donors (Lipinski definition) is 1. The minimum absolute atomic E-state index is 0.00366. The number of nitrogens with zero attached hydrogens (tertiary/aromatic N) is 1. The van der Waals surface area contributed by atoms with Crippen LogP contribution in [0, 0.1) is 0 Å². The molecule has 2 amide bonds. The minimum Gasteiger partial charge on any atom is -0.482 e. The van der Waals surface area contributed by atoms with E-state index in [2.05, 4.69) is 5.32 Å². The Balaban J connectivity index is 1.59. The van der Waals surface area contributed by atoms with Gasteiger partial charge in [-0.1, -0.05) is 41.9 Å². The van der Waals surface area contributed by atoms with E-state index in [0.717, 1.165) is 5.56 Å². The van der Waals surface area contributed by atoms with E-state index in [1.165, 1.54) is 0 Å². The molecule has 3 aromatic rings. The first-order valence-electron chi connectivity index (χ1n) is 8.78. The summed E-state index contributed by atoms with van der Waals surface area (Å²) in [6.45, 7) is 0.431. The van der Waals surface area contributed by atoms with Gasteiger partial charge in [0.2, 0.25) is 0 Å². The third kappa shape index (κ3) is 3.85. The number of amides is 2. The van der Waals surface area contributed by atoms with Gasteiger partial charge >= 0.3 is 0 Å². The maximum absolute atomic E-state index is 12.5. The summed E-state index contributed by atoms with van der Waals surface area (Å²) in [5.74, 6) is 0.229. The predicted molar refractivity (Wildman–Crippen MR) is 109 cm³/mol. The fraction of sp³-hybridized carbons (Fsp3) is 0.0909. The van der Waals surface area contributed by atoms with Crippen LogP contribution in [-0.4, -0.2) is 18.4 Å². The van der Waals surface area contributed by atoms with E-state index in [1.54, 1.807) is 47.4 Å². The molecule has 1 aliphatic heterocycles. The van der Waals surface area contributed by atoms with Crippen LogP contribution in [0.2, 0.25) is 5.02 Å². The highest BCUT2D eigenvalue weighted by Crippen LogP contribution is 2.35. The molecule has 0 bridgehead atoms. The van der Waals surface area contributed by atoms with Gasteiger partial charge < -0.3 is 15.0 Å². The Morgan fingerprint density at radius 3 is 2.54 bits per heavy atom. The van der Waals surface area contributed by atoms with Crippen LogP contribution < -0.4 is 15.0 Å². The average molecular weight is 393 g/mol. The molecule has 0 radical (unpaired) electrons. The molecule has 0 saturated heterocycles. The zero-order valence-corrected chi connectivity index (χ0v) is 15.6. The van der Waals surface area contributed by atoms with E-state index in [4.69, 9.17) is 16.3 Å². The molecular formula is C22H17ClN2O3. The second-order valence-electron chi connectivity index (χ2n) is 6.40. The molecule has 0 unspecified atom stereocenters. The maximum Gasteiger partial charge on any atom is 0.265 e. The van der Waals surface area contributed by atoms with Crippen molar-refractivity contribution in [2.45, 2.75) is 6.54 Å². The highest BCUT2D eigenvalue weighted by molar-refractivity contribution is 6.30. The first-order chi connectivity index (χ1) is 13.6. The Morgan fingerprint density at radius 1 is 1.04 bits per heavy atom. The average Bonchev–Trinajstić information content (AvgIpc) is 2.71. The zero-order valence-electron chi connectivity index (χ0n) is 14.9. The Kier molecular flexibility index (Phi) is 5.00. The number of ether oxygens (including phenoxy) is 1. The molecule has 0 spiro atoms.